The third-order valence-corrected chi connectivity index (χ3v) is 6.42. The van der Waals surface area contributed by atoms with Crippen LogP contribution in [0.3, 0.4) is 0 Å². The van der Waals surface area contributed by atoms with E-state index in [-0.39, 0.29) is 0 Å². The van der Waals surface area contributed by atoms with Crippen LogP contribution in [0.4, 0.5) is 4.79 Å². The van der Waals surface area contributed by atoms with Gasteiger partial charge in [-0.15, -0.1) is 21.5 Å². The number of rotatable bonds is 6. The summed E-state index contributed by atoms with van der Waals surface area (Å²) < 4.78 is 2.21. The Morgan fingerprint density at radius 2 is 2.15 bits per heavy atom. The first-order valence-corrected chi connectivity index (χ1v) is 10.5. The Kier molecular flexibility index (Phi) is 6.31. The number of urea groups is 1. The molecule has 3 N–H and O–H groups in total. The summed E-state index contributed by atoms with van der Waals surface area (Å²) in [5, 5.41) is 13.2. The number of aromatic nitrogens is 3. The van der Waals surface area contributed by atoms with Crippen molar-refractivity contribution >= 4 is 35.0 Å². The summed E-state index contributed by atoms with van der Waals surface area (Å²) in [5.74, 6) is 0.518. The van der Waals surface area contributed by atoms with E-state index < -0.39 is 17.2 Å². The molecule has 1 saturated carbocycles. The van der Waals surface area contributed by atoms with Crippen LogP contribution in [-0.2, 0) is 11.2 Å². The highest BCUT2D eigenvalue weighted by Gasteiger charge is 2.26. The van der Waals surface area contributed by atoms with E-state index in [2.05, 4.69) is 31.5 Å². The Morgan fingerprint density at radius 3 is 2.81 bits per heavy atom. The molecule has 3 amide bonds. The molecule has 2 aromatic heterocycles. The molecule has 1 unspecified atom stereocenters. The zero-order chi connectivity index (χ0) is 18.5. The van der Waals surface area contributed by atoms with Crippen molar-refractivity contribution in [3.05, 3.63) is 28.2 Å². The monoisotopic (exact) mass is 393 g/mol. The van der Waals surface area contributed by atoms with E-state index in [0.29, 0.717) is 6.04 Å². The Hall–Kier alpha value is -1.87. The lowest BCUT2D eigenvalue weighted by Crippen LogP contribution is -2.39. The van der Waals surface area contributed by atoms with Gasteiger partial charge in [0.25, 0.3) is 0 Å². The first kappa shape index (κ1) is 18.9. The molecule has 140 valence electrons. The second-order valence-electron chi connectivity index (χ2n) is 6.43. The second-order valence-corrected chi connectivity index (χ2v) is 8.77. The van der Waals surface area contributed by atoms with Gasteiger partial charge in [0.2, 0.25) is 5.91 Å². The Morgan fingerprint density at radius 1 is 1.38 bits per heavy atom. The van der Waals surface area contributed by atoms with Gasteiger partial charge in [-0.2, -0.15) is 0 Å². The molecular formula is C17H23N5O2S2. The molecule has 9 heteroatoms. The molecule has 0 radical (unpaired) electrons. The molecular weight excluding hydrogens is 370 g/mol. The summed E-state index contributed by atoms with van der Waals surface area (Å²) in [7, 11) is 0. The number of nitrogens with one attached hydrogen (secondary N) is 1. The van der Waals surface area contributed by atoms with Crippen LogP contribution in [-0.4, -0.2) is 32.0 Å². The average molecular weight is 394 g/mol. The summed E-state index contributed by atoms with van der Waals surface area (Å²) in [6, 6.07) is 3.66. The zero-order valence-corrected chi connectivity index (χ0v) is 16.3. The lowest BCUT2D eigenvalue weighted by atomic mass is 9.95. The number of hydrogen-bond donors (Lipinski definition) is 2. The molecule has 3 rings (SSSR count). The van der Waals surface area contributed by atoms with E-state index in [1.54, 1.807) is 18.3 Å². The summed E-state index contributed by atoms with van der Waals surface area (Å²) in [4.78, 5) is 24.2. The fourth-order valence-corrected chi connectivity index (χ4v) is 4.86. The van der Waals surface area contributed by atoms with Crippen molar-refractivity contribution in [1.29, 1.82) is 0 Å². The topological polar surface area (TPSA) is 103 Å². The second kappa shape index (κ2) is 8.68. The predicted molar refractivity (Wildman–Crippen MR) is 102 cm³/mol. The average Bonchev–Trinajstić information content (AvgIpc) is 3.25. The highest BCUT2D eigenvalue weighted by molar-refractivity contribution is 8.00. The van der Waals surface area contributed by atoms with E-state index in [9.17, 15) is 9.59 Å². The Balaban J connectivity index is 1.82. The van der Waals surface area contributed by atoms with Crippen LogP contribution in [0.1, 0.15) is 55.8 Å². The molecule has 0 aromatic carbocycles. The maximum Gasteiger partial charge on any atom is 0.318 e. The largest absolute Gasteiger partial charge is 0.351 e. The molecule has 26 heavy (non-hydrogen) atoms. The fourth-order valence-electron chi connectivity index (χ4n) is 3.22. The molecule has 0 bridgehead atoms. The van der Waals surface area contributed by atoms with Gasteiger partial charge in [0.1, 0.15) is 5.82 Å². The van der Waals surface area contributed by atoms with Crippen LogP contribution in [0.25, 0.3) is 0 Å². The lowest BCUT2D eigenvalue weighted by molar-refractivity contribution is -0.119. The standard InChI is InChI=1S/C17H23N5O2S2/c1-11(15(23)19-16(18)24)26-17-21-20-14(10-13-8-5-9-25-13)22(17)12-6-3-2-4-7-12/h5,8-9,11-12H,2-4,6-7,10H2,1H3,(H3,18,19,23,24). The number of amides is 3. The molecule has 0 saturated heterocycles. The summed E-state index contributed by atoms with van der Waals surface area (Å²) in [6.45, 7) is 1.74. The van der Waals surface area contributed by atoms with E-state index in [0.717, 1.165) is 30.2 Å². The van der Waals surface area contributed by atoms with Crippen LogP contribution in [0.2, 0.25) is 0 Å². The quantitative estimate of drug-likeness (QED) is 0.734. The SMILES string of the molecule is CC(Sc1nnc(Cc2cccs2)n1C1CCCCC1)C(=O)NC(N)=O. The van der Waals surface area contributed by atoms with Gasteiger partial charge in [0.05, 0.1) is 5.25 Å². The molecule has 2 heterocycles. The van der Waals surface area contributed by atoms with Crippen molar-refractivity contribution in [3.8, 4) is 0 Å². The van der Waals surface area contributed by atoms with Crippen LogP contribution >= 0.6 is 23.1 Å². The molecule has 0 spiro atoms. The highest BCUT2D eigenvalue weighted by Crippen LogP contribution is 2.34. The zero-order valence-electron chi connectivity index (χ0n) is 14.7. The van der Waals surface area contributed by atoms with Gasteiger partial charge in [0.15, 0.2) is 5.16 Å². The predicted octanol–water partition coefficient (Wildman–Crippen LogP) is 3.11. The number of carbonyl (C=O) groups is 2. The molecule has 1 fully saturated rings. The van der Waals surface area contributed by atoms with Gasteiger partial charge in [-0.1, -0.05) is 37.1 Å². The minimum absolute atomic E-state index is 0.364. The summed E-state index contributed by atoms with van der Waals surface area (Å²) >= 11 is 3.02. The minimum atomic E-state index is -0.838. The maximum atomic E-state index is 12.0. The third kappa shape index (κ3) is 4.64. The Bertz CT molecular complexity index is 753. The van der Waals surface area contributed by atoms with Gasteiger partial charge < -0.3 is 10.3 Å². The first-order valence-electron chi connectivity index (χ1n) is 8.77. The number of carbonyl (C=O) groups excluding carboxylic acids is 2. The van der Waals surface area contributed by atoms with Crippen molar-refractivity contribution in [2.24, 2.45) is 5.73 Å². The van der Waals surface area contributed by atoms with Crippen LogP contribution < -0.4 is 11.1 Å². The van der Waals surface area contributed by atoms with Gasteiger partial charge in [-0.05, 0) is 31.2 Å². The first-order chi connectivity index (χ1) is 12.5. The minimum Gasteiger partial charge on any atom is -0.351 e. The molecule has 0 aliphatic heterocycles. The Labute approximate surface area is 160 Å². The number of nitrogens with two attached hydrogens (primary N) is 1. The van der Waals surface area contributed by atoms with Gasteiger partial charge in [0, 0.05) is 17.3 Å². The van der Waals surface area contributed by atoms with E-state index in [4.69, 9.17) is 5.73 Å². The van der Waals surface area contributed by atoms with Crippen molar-refractivity contribution in [1.82, 2.24) is 20.1 Å². The number of thiophene rings is 1. The molecule has 1 aliphatic rings. The molecule has 1 aliphatic carbocycles. The highest BCUT2D eigenvalue weighted by atomic mass is 32.2. The van der Waals surface area contributed by atoms with E-state index in [1.165, 1.54) is 35.9 Å². The summed E-state index contributed by atoms with van der Waals surface area (Å²) in [5.41, 5.74) is 5.04. The fraction of sp³-hybridized carbons (Fsp3) is 0.529. The lowest BCUT2D eigenvalue weighted by Gasteiger charge is -2.26. The molecule has 2 aromatic rings. The normalized spacial score (nSPS) is 16.3. The van der Waals surface area contributed by atoms with Crippen molar-refractivity contribution in [3.63, 3.8) is 0 Å². The van der Waals surface area contributed by atoms with E-state index >= 15 is 0 Å². The van der Waals surface area contributed by atoms with Crippen molar-refractivity contribution < 1.29 is 9.59 Å². The van der Waals surface area contributed by atoms with Gasteiger partial charge in [-0.3, -0.25) is 10.1 Å². The number of imide groups is 1. The number of nitrogens with zero attached hydrogens (tertiary/aromatic N) is 3. The van der Waals surface area contributed by atoms with E-state index in [1.807, 2.05) is 6.07 Å². The van der Waals surface area contributed by atoms with Crippen LogP contribution in [0.5, 0.6) is 0 Å². The van der Waals surface area contributed by atoms with Crippen LogP contribution in [0, 0.1) is 0 Å². The number of primary amides is 1. The molecule has 7 nitrogen and oxygen atoms in total. The number of thioether (sulfide) groups is 1. The number of hydrogen-bond acceptors (Lipinski definition) is 6. The van der Waals surface area contributed by atoms with Crippen molar-refractivity contribution in [2.75, 3.05) is 0 Å². The smallest absolute Gasteiger partial charge is 0.318 e. The van der Waals surface area contributed by atoms with Crippen molar-refractivity contribution in [2.45, 2.75) is 61.9 Å². The maximum absolute atomic E-state index is 12.0. The van der Waals surface area contributed by atoms with Crippen LogP contribution in [0.15, 0.2) is 22.7 Å². The third-order valence-electron chi connectivity index (χ3n) is 4.49. The van der Waals surface area contributed by atoms with Gasteiger partial charge >= 0.3 is 6.03 Å². The van der Waals surface area contributed by atoms with Gasteiger partial charge in [-0.25, -0.2) is 4.79 Å². The summed E-state index contributed by atoms with van der Waals surface area (Å²) in [6.07, 6.45) is 6.60. The molecule has 1 atom stereocenters.